The number of nitro groups is 1. The Morgan fingerprint density at radius 1 is 1.26 bits per heavy atom. The van der Waals surface area contributed by atoms with E-state index in [0.717, 1.165) is 0 Å². The van der Waals surface area contributed by atoms with Crippen molar-refractivity contribution in [2.75, 3.05) is 6.54 Å². The van der Waals surface area contributed by atoms with Crippen LogP contribution in [0, 0.1) is 34.7 Å². The van der Waals surface area contributed by atoms with Crippen molar-refractivity contribution in [2.24, 2.45) is 0 Å². The van der Waals surface area contributed by atoms with E-state index in [2.05, 4.69) is 17.2 Å². The highest BCUT2D eigenvalue weighted by Gasteiger charge is 2.17. The molecule has 2 rings (SSSR count). The molecule has 116 valence electrons. The number of halogens is 1. The second kappa shape index (κ2) is 7.18. The van der Waals surface area contributed by atoms with Crippen molar-refractivity contribution in [1.29, 1.82) is 0 Å². The van der Waals surface area contributed by atoms with Crippen LogP contribution in [0.25, 0.3) is 0 Å². The summed E-state index contributed by atoms with van der Waals surface area (Å²) >= 11 is 0. The maximum Gasteiger partial charge on any atom is 0.273 e. The Balaban J connectivity index is 2.02. The first kappa shape index (κ1) is 16.2. The van der Waals surface area contributed by atoms with E-state index in [1.54, 1.807) is 0 Å². The Labute approximate surface area is 132 Å². The van der Waals surface area contributed by atoms with Crippen LogP contribution in [0.2, 0.25) is 0 Å². The van der Waals surface area contributed by atoms with E-state index < -0.39 is 10.8 Å². The zero-order chi connectivity index (χ0) is 16.8. The SMILES string of the molecule is Cc1c(C(=O)NCC#Cc2ccc(F)cc2)cccc1[N+](=O)[O-]. The molecule has 0 saturated carbocycles. The summed E-state index contributed by atoms with van der Waals surface area (Å²) in [4.78, 5) is 22.4. The first-order chi connectivity index (χ1) is 11.0. The van der Waals surface area contributed by atoms with E-state index in [9.17, 15) is 19.3 Å². The summed E-state index contributed by atoms with van der Waals surface area (Å²) in [5.74, 6) is 4.75. The average molecular weight is 312 g/mol. The fourth-order valence-corrected chi connectivity index (χ4v) is 1.97. The molecule has 6 heteroatoms. The normalized spacial score (nSPS) is 9.65. The largest absolute Gasteiger partial charge is 0.341 e. The van der Waals surface area contributed by atoms with Crippen molar-refractivity contribution in [2.45, 2.75) is 6.92 Å². The molecular weight excluding hydrogens is 299 g/mol. The number of amides is 1. The van der Waals surface area contributed by atoms with Gasteiger partial charge >= 0.3 is 0 Å². The van der Waals surface area contributed by atoms with E-state index in [1.807, 2.05) is 0 Å². The van der Waals surface area contributed by atoms with Gasteiger partial charge < -0.3 is 5.32 Å². The fourth-order valence-electron chi connectivity index (χ4n) is 1.97. The van der Waals surface area contributed by atoms with E-state index in [-0.39, 0.29) is 23.6 Å². The minimum Gasteiger partial charge on any atom is -0.341 e. The molecule has 0 aliphatic rings. The molecule has 1 N–H and O–H groups in total. The van der Waals surface area contributed by atoms with Gasteiger partial charge in [-0.05, 0) is 37.3 Å². The van der Waals surface area contributed by atoms with Gasteiger partial charge in [0.25, 0.3) is 11.6 Å². The minimum absolute atomic E-state index is 0.0817. The number of hydrogen-bond donors (Lipinski definition) is 1. The number of nitrogens with one attached hydrogen (secondary N) is 1. The van der Waals surface area contributed by atoms with Crippen LogP contribution >= 0.6 is 0 Å². The molecule has 0 saturated heterocycles. The number of hydrogen-bond acceptors (Lipinski definition) is 3. The maximum absolute atomic E-state index is 12.7. The van der Waals surface area contributed by atoms with Crippen molar-refractivity contribution in [3.8, 4) is 11.8 Å². The van der Waals surface area contributed by atoms with Gasteiger partial charge in [-0.15, -0.1) is 0 Å². The predicted molar refractivity (Wildman–Crippen MR) is 83.4 cm³/mol. The summed E-state index contributed by atoms with van der Waals surface area (Å²) in [5, 5.41) is 13.4. The lowest BCUT2D eigenvalue weighted by Crippen LogP contribution is -2.24. The average Bonchev–Trinajstić information content (AvgIpc) is 2.53. The van der Waals surface area contributed by atoms with Gasteiger partial charge in [0.05, 0.1) is 11.5 Å². The van der Waals surface area contributed by atoms with Crippen LogP contribution in [0.1, 0.15) is 21.5 Å². The molecule has 0 aliphatic heterocycles. The molecule has 0 aromatic heterocycles. The Morgan fingerprint density at radius 3 is 2.61 bits per heavy atom. The molecule has 0 spiro atoms. The summed E-state index contributed by atoms with van der Waals surface area (Å²) in [5.41, 5.74) is 1.08. The van der Waals surface area contributed by atoms with E-state index in [4.69, 9.17) is 0 Å². The number of nitro benzene ring substituents is 1. The van der Waals surface area contributed by atoms with Gasteiger partial charge in [-0.1, -0.05) is 17.9 Å². The maximum atomic E-state index is 12.7. The Bertz CT molecular complexity index is 805. The Morgan fingerprint density at radius 2 is 1.96 bits per heavy atom. The standard InChI is InChI=1S/C17H13FN2O3/c1-12-15(5-2-6-16(12)20(22)23)17(21)19-11-3-4-13-7-9-14(18)10-8-13/h2,5-10H,11H2,1H3,(H,19,21). The Hall–Kier alpha value is -3.20. The third-order valence-corrected chi connectivity index (χ3v) is 3.16. The first-order valence-corrected chi connectivity index (χ1v) is 6.75. The number of nitrogens with zero attached hydrogens (tertiary/aromatic N) is 1. The van der Waals surface area contributed by atoms with Gasteiger partial charge in [-0.2, -0.15) is 0 Å². The van der Waals surface area contributed by atoms with Crippen LogP contribution in [-0.4, -0.2) is 17.4 Å². The highest BCUT2D eigenvalue weighted by molar-refractivity contribution is 5.96. The first-order valence-electron chi connectivity index (χ1n) is 6.75. The monoisotopic (exact) mass is 312 g/mol. The van der Waals surface area contributed by atoms with Crippen LogP contribution in [0.15, 0.2) is 42.5 Å². The molecule has 2 aromatic rings. The number of rotatable bonds is 3. The van der Waals surface area contributed by atoms with Crippen LogP contribution in [-0.2, 0) is 0 Å². The van der Waals surface area contributed by atoms with Crippen molar-refractivity contribution < 1.29 is 14.1 Å². The smallest absolute Gasteiger partial charge is 0.273 e. The van der Waals surface area contributed by atoms with E-state index in [0.29, 0.717) is 11.1 Å². The lowest BCUT2D eigenvalue weighted by atomic mass is 10.1. The number of carbonyl (C=O) groups excluding carboxylic acids is 1. The third kappa shape index (κ3) is 4.14. The van der Waals surface area contributed by atoms with Gasteiger partial charge in [0.15, 0.2) is 0 Å². The molecular formula is C17H13FN2O3. The quantitative estimate of drug-likeness (QED) is 0.538. The zero-order valence-corrected chi connectivity index (χ0v) is 12.3. The van der Waals surface area contributed by atoms with E-state index in [1.165, 1.54) is 49.4 Å². The second-order valence-electron chi connectivity index (χ2n) is 4.70. The zero-order valence-electron chi connectivity index (χ0n) is 12.3. The molecule has 0 bridgehead atoms. The molecule has 0 radical (unpaired) electrons. The summed E-state index contributed by atoms with van der Waals surface area (Å²) in [6.45, 7) is 1.61. The summed E-state index contributed by atoms with van der Waals surface area (Å²) in [6.07, 6.45) is 0. The second-order valence-corrected chi connectivity index (χ2v) is 4.70. The van der Waals surface area contributed by atoms with Gasteiger partial charge in [0.1, 0.15) is 5.82 Å². The lowest BCUT2D eigenvalue weighted by Gasteiger charge is -2.05. The van der Waals surface area contributed by atoms with Crippen molar-refractivity contribution >= 4 is 11.6 Å². The lowest BCUT2D eigenvalue weighted by molar-refractivity contribution is -0.385. The predicted octanol–water partition coefficient (Wildman–Crippen LogP) is 2.82. The molecule has 0 unspecified atom stereocenters. The highest BCUT2D eigenvalue weighted by atomic mass is 19.1. The molecule has 0 heterocycles. The van der Waals surface area contributed by atoms with Gasteiger partial charge in [-0.25, -0.2) is 4.39 Å². The van der Waals surface area contributed by atoms with Gasteiger partial charge in [0.2, 0.25) is 0 Å². The van der Waals surface area contributed by atoms with Crippen molar-refractivity contribution in [3.05, 3.63) is 75.1 Å². The van der Waals surface area contributed by atoms with Crippen LogP contribution in [0.4, 0.5) is 10.1 Å². The van der Waals surface area contributed by atoms with Crippen LogP contribution in [0.5, 0.6) is 0 Å². The van der Waals surface area contributed by atoms with Crippen molar-refractivity contribution in [1.82, 2.24) is 5.32 Å². The molecule has 23 heavy (non-hydrogen) atoms. The van der Waals surface area contributed by atoms with Crippen LogP contribution < -0.4 is 5.32 Å². The topological polar surface area (TPSA) is 72.2 Å². The summed E-state index contributed by atoms with van der Waals surface area (Å²) in [6, 6.07) is 10.0. The number of carbonyl (C=O) groups is 1. The Kier molecular flexibility index (Phi) is 5.05. The molecule has 5 nitrogen and oxygen atoms in total. The molecule has 0 aliphatic carbocycles. The van der Waals surface area contributed by atoms with Crippen molar-refractivity contribution in [3.63, 3.8) is 0 Å². The van der Waals surface area contributed by atoms with Gasteiger partial charge in [0, 0.05) is 22.8 Å². The minimum atomic E-state index is -0.527. The molecule has 0 fully saturated rings. The van der Waals surface area contributed by atoms with Crippen LogP contribution in [0.3, 0.4) is 0 Å². The number of benzene rings is 2. The van der Waals surface area contributed by atoms with Gasteiger partial charge in [-0.3, -0.25) is 14.9 Å². The fraction of sp³-hybridized carbons (Fsp3) is 0.118. The molecule has 2 aromatic carbocycles. The highest BCUT2D eigenvalue weighted by Crippen LogP contribution is 2.20. The summed E-state index contributed by atoms with van der Waals surface area (Å²) < 4.78 is 12.7. The molecule has 1 amide bonds. The molecule has 0 atom stereocenters. The van der Waals surface area contributed by atoms with E-state index >= 15 is 0 Å². The summed E-state index contributed by atoms with van der Waals surface area (Å²) in [7, 11) is 0. The third-order valence-electron chi connectivity index (χ3n) is 3.16.